The normalized spacial score (nSPS) is 11.7. The fourth-order valence-electron chi connectivity index (χ4n) is 3.21. The van der Waals surface area contributed by atoms with E-state index in [-0.39, 0.29) is 0 Å². The van der Waals surface area contributed by atoms with E-state index in [9.17, 15) is 0 Å². The molecule has 0 heterocycles. The average molecular weight is 529 g/mol. The molecule has 0 atom stereocenters. The number of rotatable bonds is 12. The van der Waals surface area contributed by atoms with Crippen molar-refractivity contribution < 1.29 is 41.2 Å². The quantitative estimate of drug-likeness (QED) is 0.302. The first-order valence-electron chi connectivity index (χ1n) is 11.1. The monoisotopic (exact) mass is 528 g/mol. The van der Waals surface area contributed by atoms with Gasteiger partial charge in [0, 0.05) is 0 Å². The number of anilines is 2. The van der Waals surface area contributed by atoms with Crippen molar-refractivity contribution in [1.82, 2.24) is 0 Å². The van der Waals surface area contributed by atoms with Gasteiger partial charge in [-0.05, 0) is 0 Å². The van der Waals surface area contributed by atoms with Crippen LogP contribution < -0.4 is 10.6 Å². The van der Waals surface area contributed by atoms with Crippen LogP contribution in [0.3, 0.4) is 0 Å². The van der Waals surface area contributed by atoms with Gasteiger partial charge in [-0.15, -0.1) is 0 Å². The Bertz CT molecular complexity index is 1070. The standard InChI is InChI=1S/C28H28N2O2.2Cr/c1-3-31-21-19-25(23-13-7-5-8-14-23)29-27-17-11-12-18-28(27)30-26(20-22-32-4-2)24-15-9-6-10-16-24;;/h5-20,29-30H,3-4H2,1-2H3;;/b25-19-,26-20-;;. The van der Waals surface area contributed by atoms with E-state index in [1.54, 1.807) is 0 Å². The molecule has 3 rings (SSSR count). The van der Waals surface area contributed by atoms with E-state index in [1.807, 2.05) is 86.7 Å². The van der Waals surface area contributed by atoms with Crippen molar-refractivity contribution in [3.63, 3.8) is 0 Å². The molecule has 3 aromatic rings. The maximum atomic E-state index is 5.65. The molecule has 6 heteroatoms. The van der Waals surface area contributed by atoms with Gasteiger partial charge < -0.3 is 0 Å². The second-order valence-corrected chi connectivity index (χ2v) is 8.40. The van der Waals surface area contributed by atoms with E-state index in [0.717, 1.165) is 43.0 Å². The molecular formula is C28H28Cr2N2O2. The summed E-state index contributed by atoms with van der Waals surface area (Å²) in [4.78, 5) is 0. The number of ether oxygens (including phenoxy) is 2. The van der Waals surface area contributed by atoms with E-state index >= 15 is 0 Å². The third-order valence-corrected chi connectivity index (χ3v) is 5.47. The fourth-order valence-corrected chi connectivity index (χ4v) is 3.95. The van der Waals surface area contributed by atoms with E-state index < -0.39 is 0 Å². The predicted molar refractivity (Wildman–Crippen MR) is 136 cm³/mol. The molecule has 0 aromatic heterocycles. The van der Waals surface area contributed by atoms with Crippen LogP contribution in [0.5, 0.6) is 0 Å². The summed E-state index contributed by atoms with van der Waals surface area (Å²) < 4.78 is 12.7. The maximum absolute atomic E-state index is 5.65. The summed E-state index contributed by atoms with van der Waals surface area (Å²) in [6.45, 7) is 5.13. The molecule has 4 nitrogen and oxygen atoms in total. The molecule has 0 fully saturated rings. The summed E-state index contributed by atoms with van der Waals surface area (Å²) in [6.07, 6.45) is 3.96. The van der Waals surface area contributed by atoms with E-state index in [0.29, 0.717) is 13.2 Å². The van der Waals surface area contributed by atoms with Gasteiger partial charge in [0.2, 0.25) is 0 Å². The number of hydrogen-bond donors (Lipinski definition) is 2. The zero-order valence-corrected chi connectivity index (χ0v) is 21.8. The molecule has 0 aliphatic heterocycles. The first kappa shape index (κ1) is 26.1. The average Bonchev–Trinajstić information content (AvgIpc) is 2.85. The number of benzene rings is 3. The van der Waals surface area contributed by atoms with E-state index in [4.69, 9.17) is 9.47 Å². The molecule has 0 spiro atoms. The Morgan fingerprint density at radius 1 is 0.618 bits per heavy atom. The predicted octanol–water partition coefficient (Wildman–Crippen LogP) is 6.02. The van der Waals surface area contributed by atoms with Crippen LogP contribution in [-0.4, -0.2) is 22.3 Å². The molecule has 0 radical (unpaired) electrons. The van der Waals surface area contributed by atoms with Gasteiger partial charge in [-0.25, -0.2) is 0 Å². The first-order chi connectivity index (χ1) is 16.6. The van der Waals surface area contributed by atoms with Gasteiger partial charge in [0.15, 0.2) is 0 Å². The van der Waals surface area contributed by atoms with Gasteiger partial charge in [0.1, 0.15) is 0 Å². The Morgan fingerprint density at radius 3 is 1.32 bits per heavy atom. The van der Waals surface area contributed by atoms with Gasteiger partial charge in [-0.1, -0.05) is 0 Å². The van der Waals surface area contributed by atoms with Crippen molar-refractivity contribution in [3.8, 4) is 0 Å². The van der Waals surface area contributed by atoms with Crippen molar-refractivity contribution in [1.29, 1.82) is 0 Å². The summed E-state index contributed by atoms with van der Waals surface area (Å²) in [7, 11) is 0. The Morgan fingerprint density at radius 2 is 0.971 bits per heavy atom. The Kier molecular flexibility index (Phi) is 10.7. The molecule has 3 aromatic carbocycles. The van der Waals surface area contributed by atoms with Crippen molar-refractivity contribution in [2.75, 3.05) is 23.8 Å². The van der Waals surface area contributed by atoms with Gasteiger partial charge >= 0.3 is 219 Å². The SMILES string of the molecule is CCO[C](=[Cr])/C=C(\Nc1ccccc1N/C(=C\[C](=[Cr])OCC)c1ccccc1)c1ccccc1. The first-order valence-corrected chi connectivity index (χ1v) is 12.4. The van der Waals surface area contributed by atoms with Crippen LogP contribution in [0.2, 0.25) is 0 Å². The topological polar surface area (TPSA) is 42.5 Å². The number of para-hydroxylation sites is 2. The van der Waals surface area contributed by atoms with E-state index in [1.165, 1.54) is 0 Å². The summed E-state index contributed by atoms with van der Waals surface area (Å²) in [5.74, 6) is 0. The molecular weight excluding hydrogens is 500 g/mol. The summed E-state index contributed by atoms with van der Waals surface area (Å²) >= 11 is 6.00. The van der Waals surface area contributed by atoms with Crippen LogP contribution in [0.15, 0.2) is 97.1 Å². The second kappa shape index (κ2) is 14.0. The van der Waals surface area contributed by atoms with Crippen LogP contribution in [0.4, 0.5) is 11.4 Å². The zero-order valence-electron chi connectivity index (χ0n) is 19.3. The van der Waals surface area contributed by atoms with Crippen LogP contribution in [0, 0.1) is 0 Å². The fraction of sp³-hybridized carbons (Fsp3) is 0.143. The van der Waals surface area contributed by atoms with E-state index in [2.05, 4.69) is 66.6 Å². The molecule has 174 valence electrons. The van der Waals surface area contributed by atoms with Crippen LogP contribution in [0.1, 0.15) is 25.0 Å². The van der Waals surface area contributed by atoms with Crippen LogP contribution in [0.25, 0.3) is 11.4 Å². The van der Waals surface area contributed by atoms with Crippen LogP contribution >= 0.6 is 0 Å². The molecule has 2 N–H and O–H groups in total. The second-order valence-electron chi connectivity index (χ2n) is 7.15. The molecule has 0 saturated carbocycles. The zero-order chi connectivity index (χ0) is 24.2. The molecule has 0 unspecified atom stereocenters. The van der Waals surface area contributed by atoms with Gasteiger partial charge in [-0.2, -0.15) is 0 Å². The molecule has 0 bridgehead atoms. The Hall–Kier alpha value is -2.54. The van der Waals surface area contributed by atoms with Gasteiger partial charge in [-0.3, -0.25) is 0 Å². The van der Waals surface area contributed by atoms with Crippen molar-refractivity contribution in [2.24, 2.45) is 0 Å². The third-order valence-electron chi connectivity index (χ3n) is 4.73. The van der Waals surface area contributed by atoms with Gasteiger partial charge in [0.25, 0.3) is 0 Å². The Labute approximate surface area is 218 Å². The third kappa shape index (κ3) is 8.05. The summed E-state index contributed by atoms with van der Waals surface area (Å²) in [6, 6.07) is 28.5. The number of nitrogens with one attached hydrogen (secondary N) is 2. The minimum atomic E-state index is 0.594. The van der Waals surface area contributed by atoms with Crippen molar-refractivity contribution >= 4 is 31.9 Å². The molecule has 34 heavy (non-hydrogen) atoms. The Balaban J connectivity index is 1.97. The summed E-state index contributed by atoms with van der Waals surface area (Å²) in [5.41, 5.74) is 5.82. The molecule has 0 amide bonds. The molecule has 0 saturated heterocycles. The van der Waals surface area contributed by atoms with Crippen molar-refractivity contribution in [3.05, 3.63) is 108 Å². The van der Waals surface area contributed by atoms with Crippen molar-refractivity contribution in [2.45, 2.75) is 13.8 Å². The minimum absolute atomic E-state index is 0.594. The van der Waals surface area contributed by atoms with Crippen LogP contribution in [-0.2, 0) is 41.2 Å². The number of hydrogen-bond acceptors (Lipinski definition) is 4. The molecule has 0 aliphatic rings. The van der Waals surface area contributed by atoms with Gasteiger partial charge in [0.05, 0.1) is 0 Å². The molecule has 0 aliphatic carbocycles. The summed E-state index contributed by atoms with van der Waals surface area (Å²) in [5, 5.41) is 7.19.